The third kappa shape index (κ3) is 1.67. The van der Waals surface area contributed by atoms with Crippen molar-refractivity contribution in [2.24, 2.45) is 0 Å². The standard InChI is InChI=1S/C13H16/c1-3-11-5-7-12-8-10(2)4-6-13(12)9-11/h5,7-9H,3-4,6H2,1-2H3. The van der Waals surface area contributed by atoms with E-state index in [2.05, 4.69) is 38.1 Å². The van der Waals surface area contributed by atoms with Crippen LogP contribution in [0.2, 0.25) is 0 Å². The van der Waals surface area contributed by atoms with E-state index in [-0.39, 0.29) is 0 Å². The second-order valence-corrected chi connectivity index (χ2v) is 3.88. The van der Waals surface area contributed by atoms with Crippen molar-refractivity contribution in [3.8, 4) is 0 Å². The van der Waals surface area contributed by atoms with Crippen LogP contribution in [0.25, 0.3) is 6.08 Å². The second-order valence-electron chi connectivity index (χ2n) is 3.88. The van der Waals surface area contributed by atoms with Gasteiger partial charge in [0.15, 0.2) is 0 Å². The van der Waals surface area contributed by atoms with E-state index in [9.17, 15) is 0 Å². The summed E-state index contributed by atoms with van der Waals surface area (Å²) in [4.78, 5) is 0. The summed E-state index contributed by atoms with van der Waals surface area (Å²) in [6, 6.07) is 6.86. The Morgan fingerprint density at radius 3 is 2.85 bits per heavy atom. The zero-order valence-corrected chi connectivity index (χ0v) is 8.43. The minimum Gasteiger partial charge on any atom is -0.0724 e. The van der Waals surface area contributed by atoms with Crippen LogP contribution >= 0.6 is 0 Å². The Morgan fingerprint density at radius 1 is 1.23 bits per heavy atom. The Bertz CT molecular complexity index is 345. The third-order valence-electron chi connectivity index (χ3n) is 2.81. The molecule has 1 aliphatic rings. The first-order valence-electron chi connectivity index (χ1n) is 5.08. The van der Waals surface area contributed by atoms with E-state index >= 15 is 0 Å². The molecule has 0 bridgehead atoms. The van der Waals surface area contributed by atoms with E-state index in [1.54, 1.807) is 0 Å². The normalized spacial score (nSPS) is 15.1. The highest BCUT2D eigenvalue weighted by Crippen LogP contribution is 2.24. The van der Waals surface area contributed by atoms with E-state index < -0.39 is 0 Å². The molecular formula is C13H16. The van der Waals surface area contributed by atoms with Crippen LogP contribution in [0.1, 0.15) is 37.0 Å². The summed E-state index contributed by atoms with van der Waals surface area (Å²) < 4.78 is 0. The lowest BCUT2D eigenvalue weighted by atomic mass is 9.91. The van der Waals surface area contributed by atoms with Gasteiger partial charge in [0, 0.05) is 0 Å². The minimum absolute atomic E-state index is 1.15. The van der Waals surface area contributed by atoms with Crippen molar-refractivity contribution in [2.75, 3.05) is 0 Å². The van der Waals surface area contributed by atoms with Crippen LogP contribution < -0.4 is 0 Å². The predicted octanol–water partition coefficient (Wildman–Crippen LogP) is 3.60. The first-order valence-corrected chi connectivity index (χ1v) is 5.08. The van der Waals surface area contributed by atoms with Gasteiger partial charge >= 0.3 is 0 Å². The van der Waals surface area contributed by atoms with Gasteiger partial charge in [-0.3, -0.25) is 0 Å². The van der Waals surface area contributed by atoms with E-state index in [1.807, 2.05) is 0 Å². The monoisotopic (exact) mass is 172 g/mol. The predicted molar refractivity (Wildman–Crippen MR) is 57.8 cm³/mol. The van der Waals surface area contributed by atoms with Gasteiger partial charge in [-0.2, -0.15) is 0 Å². The van der Waals surface area contributed by atoms with Crippen LogP contribution in [-0.2, 0) is 12.8 Å². The third-order valence-corrected chi connectivity index (χ3v) is 2.81. The van der Waals surface area contributed by atoms with Crippen molar-refractivity contribution < 1.29 is 0 Å². The van der Waals surface area contributed by atoms with Gasteiger partial charge in [0.1, 0.15) is 0 Å². The van der Waals surface area contributed by atoms with E-state index in [4.69, 9.17) is 0 Å². The molecule has 0 fully saturated rings. The van der Waals surface area contributed by atoms with E-state index in [0.29, 0.717) is 0 Å². The molecule has 0 saturated carbocycles. The Kier molecular flexibility index (Phi) is 2.22. The first kappa shape index (κ1) is 8.55. The fourth-order valence-corrected chi connectivity index (χ4v) is 1.91. The number of rotatable bonds is 1. The molecular weight excluding hydrogens is 156 g/mol. The molecule has 1 aliphatic carbocycles. The molecule has 13 heavy (non-hydrogen) atoms. The lowest BCUT2D eigenvalue weighted by Crippen LogP contribution is -1.98. The van der Waals surface area contributed by atoms with Crippen molar-refractivity contribution in [2.45, 2.75) is 33.1 Å². The Labute approximate surface area is 80.3 Å². The molecule has 0 heterocycles. The molecule has 68 valence electrons. The number of fused-ring (bicyclic) bond motifs is 1. The summed E-state index contributed by atoms with van der Waals surface area (Å²) >= 11 is 0. The summed E-state index contributed by atoms with van der Waals surface area (Å²) in [5.41, 5.74) is 5.94. The molecule has 0 saturated heterocycles. The fourth-order valence-electron chi connectivity index (χ4n) is 1.91. The lowest BCUT2D eigenvalue weighted by molar-refractivity contribution is 0.922. The van der Waals surface area contributed by atoms with Gasteiger partial charge in [-0.1, -0.05) is 36.8 Å². The van der Waals surface area contributed by atoms with Gasteiger partial charge in [-0.05, 0) is 42.9 Å². The van der Waals surface area contributed by atoms with Crippen LogP contribution in [0.3, 0.4) is 0 Å². The summed E-state index contributed by atoms with van der Waals surface area (Å²) in [6.45, 7) is 4.43. The largest absolute Gasteiger partial charge is 0.0724 e. The average molecular weight is 172 g/mol. The van der Waals surface area contributed by atoms with E-state index in [1.165, 1.54) is 35.1 Å². The fraction of sp³-hybridized carbons (Fsp3) is 0.385. The molecule has 1 aromatic carbocycles. The van der Waals surface area contributed by atoms with Crippen molar-refractivity contribution in [3.63, 3.8) is 0 Å². The maximum atomic E-state index is 2.36. The topological polar surface area (TPSA) is 0 Å². The highest BCUT2D eigenvalue weighted by Gasteiger charge is 2.07. The molecule has 0 aliphatic heterocycles. The van der Waals surface area contributed by atoms with Crippen molar-refractivity contribution >= 4 is 6.08 Å². The van der Waals surface area contributed by atoms with E-state index in [0.717, 1.165) is 6.42 Å². The van der Waals surface area contributed by atoms with Gasteiger partial charge in [0.05, 0.1) is 0 Å². The maximum Gasteiger partial charge on any atom is -0.0225 e. The van der Waals surface area contributed by atoms with Gasteiger partial charge < -0.3 is 0 Å². The molecule has 0 spiro atoms. The highest BCUT2D eigenvalue weighted by molar-refractivity contribution is 5.59. The number of allylic oxidation sites excluding steroid dienone is 1. The van der Waals surface area contributed by atoms with Gasteiger partial charge in [0.2, 0.25) is 0 Å². The van der Waals surface area contributed by atoms with Gasteiger partial charge in [0.25, 0.3) is 0 Å². The average Bonchev–Trinajstić information content (AvgIpc) is 2.17. The van der Waals surface area contributed by atoms with Crippen molar-refractivity contribution in [1.29, 1.82) is 0 Å². The molecule has 2 rings (SSSR count). The lowest BCUT2D eigenvalue weighted by Gasteiger charge is -2.14. The Hall–Kier alpha value is -1.04. The minimum atomic E-state index is 1.15. The van der Waals surface area contributed by atoms with Crippen LogP contribution in [0, 0.1) is 0 Å². The van der Waals surface area contributed by atoms with Crippen molar-refractivity contribution in [1.82, 2.24) is 0 Å². The molecule has 0 heteroatoms. The van der Waals surface area contributed by atoms with Gasteiger partial charge in [-0.25, -0.2) is 0 Å². The zero-order valence-electron chi connectivity index (χ0n) is 8.43. The van der Waals surface area contributed by atoms with Crippen molar-refractivity contribution in [3.05, 3.63) is 40.5 Å². The van der Waals surface area contributed by atoms with Crippen LogP contribution in [0.5, 0.6) is 0 Å². The molecule has 0 unspecified atom stereocenters. The Morgan fingerprint density at radius 2 is 2.08 bits per heavy atom. The SMILES string of the molecule is CCc1ccc2c(c1)CCC(C)=C2. The molecule has 0 aromatic heterocycles. The zero-order chi connectivity index (χ0) is 9.26. The van der Waals surface area contributed by atoms with Crippen LogP contribution in [0.4, 0.5) is 0 Å². The summed E-state index contributed by atoms with van der Waals surface area (Å²) in [5.74, 6) is 0. The Balaban J connectivity index is 2.43. The highest BCUT2D eigenvalue weighted by atomic mass is 14.1. The summed E-state index contributed by atoms with van der Waals surface area (Å²) in [5, 5.41) is 0. The van der Waals surface area contributed by atoms with Crippen LogP contribution in [0.15, 0.2) is 23.8 Å². The summed E-state index contributed by atoms with van der Waals surface area (Å²) in [6.07, 6.45) is 5.93. The molecule has 0 amide bonds. The quantitative estimate of drug-likeness (QED) is 0.607. The molecule has 0 nitrogen and oxygen atoms in total. The smallest absolute Gasteiger partial charge is 0.0225 e. The first-order chi connectivity index (χ1) is 6.29. The van der Waals surface area contributed by atoms with Gasteiger partial charge in [-0.15, -0.1) is 0 Å². The molecule has 0 N–H and O–H groups in total. The maximum absolute atomic E-state index is 2.36. The molecule has 0 radical (unpaired) electrons. The second kappa shape index (κ2) is 3.37. The number of hydrogen-bond acceptors (Lipinski definition) is 0. The molecule has 1 aromatic rings. The number of benzene rings is 1. The number of hydrogen-bond donors (Lipinski definition) is 0. The van der Waals surface area contributed by atoms with Crippen LogP contribution in [-0.4, -0.2) is 0 Å². The summed E-state index contributed by atoms with van der Waals surface area (Å²) in [7, 11) is 0. The number of aryl methyl sites for hydroxylation is 2. The molecule has 0 atom stereocenters.